The minimum Gasteiger partial charge on any atom is -0.268 e. The fraction of sp³-hybridized carbons (Fsp3) is 0.545. The quantitative estimate of drug-likeness (QED) is 0.649. The Morgan fingerprint density at radius 1 is 1.47 bits per heavy atom. The molecule has 1 aromatic heterocycles. The first-order chi connectivity index (χ1) is 7.15. The van der Waals surface area contributed by atoms with E-state index in [4.69, 9.17) is 4.98 Å². The van der Waals surface area contributed by atoms with Crippen LogP contribution >= 0.6 is 45.5 Å². The van der Waals surface area contributed by atoms with E-state index in [0.29, 0.717) is 0 Å². The van der Waals surface area contributed by atoms with Crippen LogP contribution in [0, 0.1) is 0 Å². The van der Waals surface area contributed by atoms with Crippen LogP contribution in [-0.2, 0) is 12.8 Å². The number of allylic oxidation sites excluding steroid dienone is 1. The first kappa shape index (κ1) is 13.5. The highest BCUT2D eigenvalue weighted by Gasteiger charge is 2.14. The van der Waals surface area contributed by atoms with Crippen LogP contribution in [0.3, 0.4) is 0 Å². The standard InChI is InChI=1S/C11H16I2N2/c1-4-6-9-11(8(3)7-12)15(13)10(5-2)14-9/h7H,4-6H2,1-3H3/b8-7-. The van der Waals surface area contributed by atoms with Gasteiger partial charge in [-0.05, 0) is 23.0 Å². The number of aryl methyl sites for hydroxylation is 2. The molecule has 0 atom stereocenters. The SMILES string of the molecule is CCCc1nc(CC)n(I)c1/C(C)=C\I. The molecule has 0 aliphatic heterocycles. The van der Waals surface area contributed by atoms with Gasteiger partial charge in [0.25, 0.3) is 0 Å². The van der Waals surface area contributed by atoms with E-state index in [9.17, 15) is 0 Å². The second kappa shape index (κ2) is 6.22. The lowest BCUT2D eigenvalue weighted by Gasteiger charge is -2.04. The Balaban J connectivity index is 3.25. The number of imidazole rings is 1. The second-order valence-corrected chi connectivity index (χ2v) is 5.09. The summed E-state index contributed by atoms with van der Waals surface area (Å²) in [6.45, 7) is 6.50. The van der Waals surface area contributed by atoms with Crippen LogP contribution in [0.1, 0.15) is 44.4 Å². The predicted molar refractivity (Wildman–Crippen MR) is 82.7 cm³/mol. The van der Waals surface area contributed by atoms with Gasteiger partial charge in [0.2, 0.25) is 0 Å². The molecule has 0 unspecified atom stereocenters. The maximum absolute atomic E-state index is 4.70. The molecule has 0 saturated heterocycles. The summed E-state index contributed by atoms with van der Waals surface area (Å²) in [4.78, 5) is 4.70. The van der Waals surface area contributed by atoms with Gasteiger partial charge in [-0.2, -0.15) is 0 Å². The summed E-state index contributed by atoms with van der Waals surface area (Å²) in [5.74, 6) is 1.17. The van der Waals surface area contributed by atoms with Gasteiger partial charge in [-0.15, -0.1) is 0 Å². The predicted octanol–water partition coefficient (Wildman–Crippen LogP) is 4.39. The van der Waals surface area contributed by atoms with Gasteiger partial charge < -0.3 is 0 Å². The Labute approximate surface area is 119 Å². The molecule has 2 nitrogen and oxygen atoms in total. The lowest BCUT2D eigenvalue weighted by atomic mass is 10.1. The highest BCUT2D eigenvalue weighted by molar-refractivity contribution is 14.1. The zero-order valence-electron chi connectivity index (χ0n) is 9.35. The zero-order chi connectivity index (χ0) is 11.4. The second-order valence-electron chi connectivity index (χ2n) is 3.50. The fourth-order valence-electron chi connectivity index (χ4n) is 1.56. The fourth-order valence-corrected chi connectivity index (χ4v) is 2.96. The van der Waals surface area contributed by atoms with Gasteiger partial charge in [0, 0.05) is 6.42 Å². The van der Waals surface area contributed by atoms with E-state index in [1.807, 2.05) is 0 Å². The largest absolute Gasteiger partial charge is 0.268 e. The molecule has 0 bridgehead atoms. The van der Waals surface area contributed by atoms with E-state index in [0.717, 1.165) is 19.3 Å². The third-order valence-electron chi connectivity index (χ3n) is 2.30. The van der Waals surface area contributed by atoms with E-state index in [1.54, 1.807) is 0 Å². The third kappa shape index (κ3) is 2.95. The molecule has 0 aromatic carbocycles. The Morgan fingerprint density at radius 3 is 2.60 bits per heavy atom. The summed E-state index contributed by atoms with van der Waals surface area (Å²) in [6, 6.07) is 0. The Kier molecular flexibility index (Phi) is 5.59. The van der Waals surface area contributed by atoms with Crippen LogP contribution in [-0.4, -0.2) is 7.76 Å². The molecule has 0 aliphatic rings. The molecule has 0 amide bonds. The van der Waals surface area contributed by atoms with E-state index < -0.39 is 0 Å². The molecule has 1 aromatic rings. The van der Waals surface area contributed by atoms with Crippen LogP contribution in [0.5, 0.6) is 0 Å². The Hall–Kier alpha value is 0.410. The molecule has 1 rings (SSSR count). The molecule has 0 fully saturated rings. The van der Waals surface area contributed by atoms with Crippen molar-refractivity contribution in [2.75, 3.05) is 0 Å². The smallest absolute Gasteiger partial charge is 0.118 e. The highest BCUT2D eigenvalue weighted by atomic mass is 127. The van der Waals surface area contributed by atoms with Gasteiger partial charge in [0.05, 0.1) is 34.3 Å². The van der Waals surface area contributed by atoms with Crippen LogP contribution in [0.4, 0.5) is 0 Å². The molecule has 0 N–H and O–H groups in total. The van der Waals surface area contributed by atoms with E-state index in [1.165, 1.54) is 22.8 Å². The van der Waals surface area contributed by atoms with Crippen molar-refractivity contribution in [2.24, 2.45) is 0 Å². The summed E-state index contributed by atoms with van der Waals surface area (Å²) in [5.41, 5.74) is 3.85. The van der Waals surface area contributed by atoms with Crippen molar-refractivity contribution in [3.63, 3.8) is 0 Å². The molecule has 0 saturated carbocycles. The number of nitrogens with zero attached hydrogens (tertiary/aromatic N) is 2. The number of rotatable bonds is 4. The van der Waals surface area contributed by atoms with Crippen molar-refractivity contribution < 1.29 is 0 Å². The Morgan fingerprint density at radius 2 is 2.13 bits per heavy atom. The molecule has 0 aliphatic carbocycles. The normalized spacial score (nSPS) is 12.2. The van der Waals surface area contributed by atoms with Crippen LogP contribution < -0.4 is 0 Å². The van der Waals surface area contributed by atoms with Gasteiger partial charge in [-0.3, -0.25) is 2.78 Å². The van der Waals surface area contributed by atoms with Crippen molar-refractivity contribution in [1.29, 1.82) is 0 Å². The number of hydrogen-bond acceptors (Lipinski definition) is 1. The van der Waals surface area contributed by atoms with E-state index in [-0.39, 0.29) is 0 Å². The van der Waals surface area contributed by atoms with Crippen molar-refractivity contribution in [3.05, 3.63) is 21.3 Å². The molecule has 1 heterocycles. The summed E-state index contributed by atoms with van der Waals surface area (Å²) in [5, 5.41) is 0. The minimum absolute atomic E-state index is 0.994. The average molecular weight is 430 g/mol. The highest BCUT2D eigenvalue weighted by Crippen LogP contribution is 2.25. The van der Waals surface area contributed by atoms with E-state index >= 15 is 0 Å². The minimum atomic E-state index is 0.994. The van der Waals surface area contributed by atoms with Gasteiger partial charge in [0.1, 0.15) is 5.82 Å². The average Bonchev–Trinajstić information content (AvgIpc) is 2.55. The monoisotopic (exact) mass is 430 g/mol. The number of hydrogen-bond donors (Lipinski definition) is 0. The van der Waals surface area contributed by atoms with Gasteiger partial charge in [-0.1, -0.05) is 42.9 Å². The van der Waals surface area contributed by atoms with Gasteiger partial charge in [0.15, 0.2) is 0 Å². The third-order valence-corrected chi connectivity index (χ3v) is 4.27. The van der Waals surface area contributed by atoms with Gasteiger partial charge in [-0.25, -0.2) is 4.98 Å². The van der Waals surface area contributed by atoms with Crippen LogP contribution in [0.15, 0.2) is 4.08 Å². The maximum Gasteiger partial charge on any atom is 0.118 e. The summed E-state index contributed by atoms with van der Waals surface area (Å²) in [7, 11) is 0. The summed E-state index contributed by atoms with van der Waals surface area (Å²) >= 11 is 4.64. The first-order valence-electron chi connectivity index (χ1n) is 5.19. The van der Waals surface area contributed by atoms with E-state index in [2.05, 4.69) is 73.1 Å². The molecule has 84 valence electrons. The molecule has 4 heteroatoms. The molecule has 15 heavy (non-hydrogen) atoms. The van der Waals surface area contributed by atoms with Crippen molar-refractivity contribution in [2.45, 2.75) is 40.0 Å². The van der Waals surface area contributed by atoms with Crippen LogP contribution in [0.2, 0.25) is 0 Å². The number of aromatic nitrogens is 2. The summed E-state index contributed by atoms with van der Waals surface area (Å²) < 4.78 is 4.33. The zero-order valence-corrected chi connectivity index (χ0v) is 13.7. The molecule has 0 spiro atoms. The molecule has 0 radical (unpaired) electrons. The van der Waals surface area contributed by atoms with Crippen molar-refractivity contribution in [3.8, 4) is 0 Å². The van der Waals surface area contributed by atoms with Crippen molar-refractivity contribution in [1.82, 2.24) is 7.76 Å². The lowest BCUT2D eigenvalue weighted by molar-refractivity contribution is 0.876. The maximum atomic E-state index is 4.70. The number of halogens is 2. The Bertz CT molecular complexity index is 367. The molecular formula is C11H16I2N2. The topological polar surface area (TPSA) is 17.8 Å². The lowest BCUT2D eigenvalue weighted by Crippen LogP contribution is -1.94. The van der Waals surface area contributed by atoms with Gasteiger partial charge >= 0.3 is 0 Å². The first-order valence-corrected chi connectivity index (χ1v) is 7.40. The summed E-state index contributed by atoms with van der Waals surface area (Å²) in [6.07, 6.45) is 3.21. The molecular weight excluding hydrogens is 414 g/mol. The van der Waals surface area contributed by atoms with Crippen molar-refractivity contribution >= 4 is 51.0 Å². The van der Waals surface area contributed by atoms with Crippen LogP contribution in [0.25, 0.3) is 5.57 Å².